The number of halogens is 3. The number of aryl methyl sites for hydroxylation is 2. The van der Waals surface area contributed by atoms with Gasteiger partial charge >= 0.3 is 6.36 Å². The average molecular weight is 471 g/mol. The molecule has 0 unspecified atom stereocenters. The van der Waals surface area contributed by atoms with Crippen molar-refractivity contribution in [2.75, 3.05) is 10.6 Å². The van der Waals surface area contributed by atoms with E-state index in [-0.39, 0.29) is 11.8 Å². The lowest BCUT2D eigenvalue weighted by molar-refractivity contribution is -0.274. The number of rotatable bonds is 7. The van der Waals surface area contributed by atoms with Crippen LogP contribution in [0.3, 0.4) is 0 Å². The van der Waals surface area contributed by atoms with Crippen LogP contribution < -0.4 is 15.4 Å². The summed E-state index contributed by atoms with van der Waals surface area (Å²) in [4.78, 5) is 9.35. The van der Waals surface area contributed by atoms with Crippen molar-refractivity contribution in [2.24, 2.45) is 0 Å². The second kappa shape index (κ2) is 10.3. The first kappa shape index (κ1) is 23.9. The molecule has 1 fully saturated rings. The number of benzene rings is 2. The number of ether oxygens (including phenoxy) is 1. The van der Waals surface area contributed by atoms with Gasteiger partial charge in [-0.15, -0.1) is 13.2 Å². The highest BCUT2D eigenvalue weighted by molar-refractivity contribution is 5.71. The first-order valence-corrected chi connectivity index (χ1v) is 11.7. The molecule has 180 valence electrons. The summed E-state index contributed by atoms with van der Waals surface area (Å²) in [6.07, 6.45) is 1.72. The molecule has 2 N–H and O–H groups in total. The number of para-hydroxylation sites is 1. The summed E-state index contributed by atoms with van der Waals surface area (Å²) in [5, 5.41) is 6.87. The Morgan fingerprint density at radius 1 is 1.00 bits per heavy atom. The highest BCUT2D eigenvalue weighted by Gasteiger charge is 2.31. The van der Waals surface area contributed by atoms with Crippen LogP contribution in [0.1, 0.15) is 50.2 Å². The van der Waals surface area contributed by atoms with Gasteiger partial charge in [-0.05, 0) is 49.4 Å². The number of alkyl halides is 3. The Labute approximate surface area is 197 Å². The maximum absolute atomic E-state index is 12.7. The fourth-order valence-electron chi connectivity index (χ4n) is 4.34. The van der Waals surface area contributed by atoms with Crippen molar-refractivity contribution in [1.29, 1.82) is 0 Å². The Hall–Kier alpha value is -3.29. The molecule has 2 aromatic carbocycles. The lowest BCUT2D eigenvalue weighted by atomic mass is 9.96. The van der Waals surface area contributed by atoms with Crippen LogP contribution in [0.5, 0.6) is 5.75 Å². The Kier molecular flexibility index (Phi) is 7.24. The molecule has 0 radical (unpaired) electrons. The van der Waals surface area contributed by atoms with E-state index in [1.165, 1.54) is 24.6 Å². The molecule has 0 amide bonds. The molecule has 0 atom stereocenters. The van der Waals surface area contributed by atoms with Crippen LogP contribution in [0.2, 0.25) is 0 Å². The topological polar surface area (TPSA) is 59.1 Å². The van der Waals surface area contributed by atoms with E-state index in [1.807, 2.05) is 19.1 Å². The second-order valence-corrected chi connectivity index (χ2v) is 8.60. The summed E-state index contributed by atoms with van der Waals surface area (Å²) in [6.45, 7) is 4.12. The molecule has 1 aliphatic carbocycles. The van der Waals surface area contributed by atoms with Gasteiger partial charge < -0.3 is 15.4 Å². The zero-order chi connectivity index (χ0) is 24.1. The van der Waals surface area contributed by atoms with Crippen molar-refractivity contribution in [3.8, 4) is 17.0 Å². The van der Waals surface area contributed by atoms with Gasteiger partial charge in [-0.2, -0.15) is 4.98 Å². The SMILES string of the molecule is CCc1cccc(C)c1Nc1cc(-c2cccc(OC(F)(F)F)c2)nc(NC2CCCCC2)n1. The van der Waals surface area contributed by atoms with Crippen LogP contribution in [0.25, 0.3) is 11.3 Å². The molecule has 1 saturated carbocycles. The van der Waals surface area contributed by atoms with Crippen LogP contribution in [0.4, 0.5) is 30.6 Å². The highest BCUT2D eigenvalue weighted by atomic mass is 19.4. The van der Waals surface area contributed by atoms with Gasteiger partial charge in [0.25, 0.3) is 0 Å². The molecule has 1 aliphatic rings. The molecule has 1 heterocycles. The van der Waals surface area contributed by atoms with Crippen molar-refractivity contribution in [2.45, 2.75) is 64.8 Å². The van der Waals surface area contributed by atoms with Gasteiger partial charge in [0.05, 0.1) is 5.69 Å². The maximum Gasteiger partial charge on any atom is 0.573 e. The monoisotopic (exact) mass is 470 g/mol. The predicted molar refractivity (Wildman–Crippen MR) is 128 cm³/mol. The van der Waals surface area contributed by atoms with Crippen molar-refractivity contribution < 1.29 is 17.9 Å². The van der Waals surface area contributed by atoms with Crippen LogP contribution >= 0.6 is 0 Å². The molecule has 0 spiro atoms. The van der Waals surface area contributed by atoms with Crippen LogP contribution in [0.15, 0.2) is 48.5 Å². The molecule has 3 aromatic rings. The third-order valence-corrected chi connectivity index (χ3v) is 6.02. The summed E-state index contributed by atoms with van der Waals surface area (Å²) in [5.41, 5.74) is 4.24. The molecular formula is C26H29F3N4O. The summed E-state index contributed by atoms with van der Waals surface area (Å²) >= 11 is 0. The highest BCUT2D eigenvalue weighted by Crippen LogP contribution is 2.31. The summed E-state index contributed by atoms with van der Waals surface area (Å²) in [6, 6.07) is 14.0. The fourth-order valence-corrected chi connectivity index (χ4v) is 4.34. The van der Waals surface area contributed by atoms with Crippen molar-refractivity contribution in [1.82, 2.24) is 9.97 Å². The number of hydrogen-bond donors (Lipinski definition) is 2. The Balaban J connectivity index is 1.71. The largest absolute Gasteiger partial charge is 0.573 e. The number of aromatic nitrogens is 2. The molecule has 4 rings (SSSR count). The normalized spacial score (nSPS) is 14.6. The van der Waals surface area contributed by atoms with E-state index in [0.29, 0.717) is 23.0 Å². The first-order chi connectivity index (χ1) is 16.3. The molecule has 8 heteroatoms. The quantitative estimate of drug-likeness (QED) is 0.377. The predicted octanol–water partition coefficient (Wildman–Crippen LogP) is 7.40. The smallest absolute Gasteiger partial charge is 0.406 e. The van der Waals surface area contributed by atoms with Gasteiger partial charge in [0.1, 0.15) is 11.6 Å². The molecule has 5 nitrogen and oxygen atoms in total. The minimum absolute atomic E-state index is 0.279. The minimum atomic E-state index is -4.76. The molecule has 34 heavy (non-hydrogen) atoms. The Morgan fingerprint density at radius 2 is 1.76 bits per heavy atom. The molecule has 1 aromatic heterocycles. The van der Waals surface area contributed by atoms with E-state index < -0.39 is 6.36 Å². The van der Waals surface area contributed by atoms with E-state index in [9.17, 15) is 13.2 Å². The first-order valence-electron chi connectivity index (χ1n) is 11.7. The number of hydrogen-bond acceptors (Lipinski definition) is 5. The van der Waals surface area contributed by atoms with Crippen LogP contribution in [-0.4, -0.2) is 22.4 Å². The molecule has 0 saturated heterocycles. The minimum Gasteiger partial charge on any atom is -0.406 e. The Morgan fingerprint density at radius 3 is 2.50 bits per heavy atom. The second-order valence-electron chi connectivity index (χ2n) is 8.60. The van der Waals surface area contributed by atoms with Gasteiger partial charge in [-0.3, -0.25) is 0 Å². The zero-order valence-corrected chi connectivity index (χ0v) is 19.4. The van der Waals surface area contributed by atoms with E-state index in [2.05, 4.69) is 33.3 Å². The van der Waals surface area contributed by atoms with Gasteiger partial charge in [0.2, 0.25) is 5.95 Å². The van der Waals surface area contributed by atoms with Gasteiger partial charge in [0, 0.05) is 23.4 Å². The van der Waals surface area contributed by atoms with Crippen molar-refractivity contribution in [3.05, 3.63) is 59.7 Å². The fraction of sp³-hybridized carbons (Fsp3) is 0.385. The van der Waals surface area contributed by atoms with Gasteiger partial charge in [-0.25, -0.2) is 4.98 Å². The number of anilines is 3. The van der Waals surface area contributed by atoms with Gasteiger partial charge in [0.15, 0.2) is 0 Å². The third-order valence-electron chi connectivity index (χ3n) is 6.02. The van der Waals surface area contributed by atoms with E-state index in [4.69, 9.17) is 4.98 Å². The molecule has 0 bridgehead atoms. The summed E-state index contributed by atoms with van der Waals surface area (Å²) in [5.74, 6) is 0.752. The van der Waals surface area contributed by atoms with E-state index >= 15 is 0 Å². The summed E-state index contributed by atoms with van der Waals surface area (Å²) in [7, 11) is 0. The van der Waals surface area contributed by atoms with Crippen LogP contribution in [0, 0.1) is 6.92 Å². The van der Waals surface area contributed by atoms with Gasteiger partial charge in [-0.1, -0.05) is 56.5 Å². The Bertz CT molecular complexity index is 1130. The lowest BCUT2D eigenvalue weighted by Gasteiger charge is -2.23. The lowest BCUT2D eigenvalue weighted by Crippen LogP contribution is -2.23. The molecular weight excluding hydrogens is 441 g/mol. The van der Waals surface area contributed by atoms with Crippen molar-refractivity contribution >= 4 is 17.5 Å². The third kappa shape index (κ3) is 6.18. The zero-order valence-electron chi connectivity index (χ0n) is 19.4. The number of nitrogens with one attached hydrogen (secondary N) is 2. The summed E-state index contributed by atoms with van der Waals surface area (Å²) < 4.78 is 42.4. The molecule has 0 aliphatic heterocycles. The van der Waals surface area contributed by atoms with Crippen molar-refractivity contribution in [3.63, 3.8) is 0 Å². The maximum atomic E-state index is 12.7. The van der Waals surface area contributed by atoms with E-state index in [0.717, 1.165) is 48.9 Å². The standard InChI is InChI=1S/C26H29F3N4O/c1-3-18-10-7-9-17(2)24(18)32-23-16-22(19-11-8-14-21(15-19)34-26(27,28)29)31-25(33-23)30-20-12-5-4-6-13-20/h7-11,14-16,20H,3-6,12-13H2,1-2H3,(H2,30,31,32,33). The van der Waals surface area contributed by atoms with E-state index in [1.54, 1.807) is 12.1 Å². The number of nitrogens with zero attached hydrogens (tertiary/aromatic N) is 2. The average Bonchev–Trinajstić information content (AvgIpc) is 2.80. The van der Waals surface area contributed by atoms with Crippen LogP contribution in [-0.2, 0) is 6.42 Å².